The van der Waals surface area contributed by atoms with Gasteiger partial charge in [-0.25, -0.2) is 9.97 Å². The van der Waals surface area contributed by atoms with Crippen molar-refractivity contribution in [3.8, 4) is 17.1 Å². The Morgan fingerprint density at radius 1 is 1.13 bits per heavy atom. The van der Waals surface area contributed by atoms with Crippen molar-refractivity contribution < 1.29 is 4.74 Å². The quantitative estimate of drug-likeness (QED) is 0.752. The van der Waals surface area contributed by atoms with Crippen LogP contribution in [0.15, 0.2) is 36.7 Å². The number of methoxy groups -OCH3 is 1. The van der Waals surface area contributed by atoms with Crippen molar-refractivity contribution >= 4 is 5.69 Å². The highest BCUT2D eigenvalue weighted by Crippen LogP contribution is 2.29. The Kier molecular flexibility index (Phi) is 2.49. The van der Waals surface area contributed by atoms with E-state index in [1.165, 1.54) is 0 Å². The number of ether oxygens (including phenoxy) is 1. The van der Waals surface area contributed by atoms with Crippen molar-refractivity contribution in [3.63, 3.8) is 0 Å². The van der Waals surface area contributed by atoms with E-state index in [9.17, 15) is 0 Å². The number of para-hydroxylation sites is 1. The van der Waals surface area contributed by atoms with Gasteiger partial charge in [-0.1, -0.05) is 18.2 Å². The Morgan fingerprint density at radius 2 is 1.87 bits per heavy atom. The van der Waals surface area contributed by atoms with Gasteiger partial charge in [-0.15, -0.1) is 0 Å². The van der Waals surface area contributed by atoms with E-state index < -0.39 is 0 Å². The second-order valence-electron chi connectivity index (χ2n) is 3.00. The molecule has 0 unspecified atom stereocenters. The molecule has 2 rings (SSSR count). The van der Waals surface area contributed by atoms with Crippen LogP contribution in [0.1, 0.15) is 0 Å². The van der Waals surface area contributed by atoms with Gasteiger partial charge in [0.15, 0.2) is 0 Å². The van der Waals surface area contributed by atoms with Crippen molar-refractivity contribution in [2.75, 3.05) is 12.8 Å². The zero-order valence-electron chi connectivity index (χ0n) is 8.34. The molecule has 0 radical (unpaired) electrons. The van der Waals surface area contributed by atoms with Gasteiger partial charge in [0.2, 0.25) is 5.88 Å². The summed E-state index contributed by atoms with van der Waals surface area (Å²) in [5.41, 5.74) is 8.02. The van der Waals surface area contributed by atoms with E-state index in [-0.39, 0.29) is 0 Å². The summed E-state index contributed by atoms with van der Waals surface area (Å²) >= 11 is 0. The molecule has 1 aromatic heterocycles. The molecule has 0 aliphatic carbocycles. The number of hydrogen-bond acceptors (Lipinski definition) is 4. The minimum Gasteiger partial charge on any atom is -0.479 e. The van der Waals surface area contributed by atoms with Gasteiger partial charge in [-0.3, -0.25) is 0 Å². The molecular formula is C11H11N3O. The van der Waals surface area contributed by atoms with Crippen LogP contribution in [0, 0.1) is 0 Å². The van der Waals surface area contributed by atoms with Crippen LogP contribution in [0.5, 0.6) is 5.88 Å². The van der Waals surface area contributed by atoms with Crippen LogP contribution in [-0.2, 0) is 0 Å². The van der Waals surface area contributed by atoms with Crippen LogP contribution in [-0.4, -0.2) is 17.1 Å². The average molecular weight is 201 g/mol. The molecule has 0 aliphatic rings. The number of rotatable bonds is 2. The monoisotopic (exact) mass is 201 g/mol. The van der Waals surface area contributed by atoms with E-state index in [4.69, 9.17) is 10.5 Å². The van der Waals surface area contributed by atoms with Crippen LogP contribution in [0.4, 0.5) is 5.69 Å². The predicted molar refractivity (Wildman–Crippen MR) is 58.4 cm³/mol. The van der Waals surface area contributed by atoms with Gasteiger partial charge in [0, 0.05) is 23.6 Å². The fourth-order valence-corrected chi connectivity index (χ4v) is 1.37. The molecular weight excluding hydrogens is 190 g/mol. The average Bonchev–Trinajstić information content (AvgIpc) is 2.30. The van der Waals surface area contributed by atoms with E-state index in [1.54, 1.807) is 19.5 Å². The molecule has 15 heavy (non-hydrogen) atoms. The summed E-state index contributed by atoms with van der Waals surface area (Å²) in [7, 11) is 1.56. The van der Waals surface area contributed by atoms with Crippen LogP contribution in [0.3, 0.4) is 0 Å². The smallest absolute Gasteiger partial charge is 0.240 e. The van der Waals surface area contributed by atoms with E-state index in [2.05, 4.69) is 9.97 Å². The van der Waals surface area contributed by atoms with Crippen LogP contribution in [0.25, 0.3) is 11.3 Å². The standard InChI is InChI=1S/C11H11N3O/c1-15-11-10(13-6-7-14-11)8-4-2-3-5-9(8)12/h2-7H,12H2,1H3. The van der Waals surface area contributed by atoms with Crippen molar-refractivity contribution in [2.45, 2.75) is 0 Å². The van der Waals surface area contributed by atoms with Crippen molar-refractivity contribution in [2.24, 2.45) is 0 Å². The van der Waals surface area contributed by atoms with Gasteiger partial charge in [-0.05, 0) is 6.07 Å². The highest BCUT2D eigenvalue weighted by atomic mass is 16.5. The maximum atomic E-state index is 5.85. The molecule has 0 atom stereocenters. The lowest BCUT2D eigenvalue weighted by molar-refractivity contribution is 0.398. The first-order valence-electron chi connectivity index (χ1n) is 4.53. The lowest BCUT2D eigenvalue weighted by atomic mass is 10.1. The molecule has 0 saturated heterocycles. The molecule has 0 aliphatic heterocycles. The Bertz CT molecular complexity index is 471. The Hall–Kier alpha value is -2.10. The van der Waals surface area contributed by atoms with Crippen molar-refractivity contribution in [1.29, 1.82) is 0 Å². The SMILES string of the molecule is COc1nccnc1-c1ccccc1N. The van der Waals surface area contributed by atoms with E-state index in [0.717, 1.165) is 5.56 Å². The van der Waals surface area contributed by atoms with Gasteiger partial charge in [0.05, 0.1) is 7.11 Å². The number of nitrogens with zero attached hydrogens (tertiary/aromatic N) is 2. The highest BCUT2D eigenvalue weighted by Gasteiger charge is 2.09. The number of nitrogens with two attached hydrogens (primary N) is 1. The Labute approximate surface area is 87.7 Å². The molecule has 0 bridgehead atoms. The normalized spacial score (nSPS) is 9.93. The fourth-order valence-electron chi connectivity index (χ4n) is 1.37. The largest absolute Gasteiger partial charge is 0.479 e. The lowest BCUT2D eigenvalue weighted by Gasteiger charge is -2.07. The summed E-state index contributed by atoms with van der Waals surface area (Å²) in [5.74, 6) is 0.482. The van der Waals surface area contributed by atoms with E-state index in [0.29, 0.717) is 17.3 Å². The van der Waals surface area contributed by atoms with Crippen LogP contribution >= 0.6 is 0 Å². The fraction of sp³-hybridized carbons (Fsp3) is 0.0909. The first-order chi connectivity index (χ1) is 7.33. The summed E-state index contributed by atoms with van der Waals surface area (Å²) in [6, 6.07) is 7.49. The molecule has 4 heteroatoms. The summed E-state index contributed by atoms with van der Waals surface area (Å²) in [5, 5.41) is 0. The number of benzene rings is 1. The van der Waals surface area contributed by atoms with Crippen molar-refractivity contribution in [1.82, 2.24) is 9.97 Å². The lowest BCUT2D eigenvalue weighted by Crippen LogP contribution is -1.96. The zero-order chi connectivity index (χ0) is 10.7. The summed E-state index contributed by atoms with van der Waals surface area (Å²) in [6.45, 7) is 0. The van der Waals surface area contributed by atoms with E-state index >= 15 is 0 Å². The molecule has 2 N–H and O–H groups in total. The topological polar surface area (TPSA) is 61.0 Å². The molecule has 4 nitrogen and oxygen atoms in total. The second-order valence-corrected chi connectivity index (χ2v) is 3.00. The Balaban J connectivity index is 2.59. The Morgan fingerprint density at radius 3 is 2.60 bits per heavy atom. The number of hydrogen-bond donors (Lipinski definition) is 1. The van der Waals surface area contributed by atoms with Gasteiger partial charge < -0.3 is 10.5 Å². The van der Waals surface area contributed by atoms with E-state index in [1.807, 2.05) is 24.3 Å². The number of nitrogen functional groups attached to an aromatic ring is 1. The third-order valence-corrected chi connectivity index (χ3v) is 2.07. The first kappa shape index (κ1) is 9.45. The second kappa shape index (κ2) is 3.96. The molecule has 0 amide bonds. The van der Waals surface area contributed by atoms with Gasteiger partial charge in [0.1, 0.15) is 5.69 Å². The molecule has 76 valence electrons. The summed E-state index contributed by atoms with van der Waals surface area (Å²) in [4.78, 5) is 8.29. The minimum atomic E-state index is 0.482. The maximum absolute atomic E-state index is 5.85. The van der Waals surface area contributed by atoms with Crippen molar-refractivity contribution in [3.05, 3.63) is 36.7 Å². The summed E-state index contributed by atoms with van der Waals surface area (Å²) < 4.78 is 5.13. The van der Waals surface area contributed by atoms with Crippen LogP contribution in [0.2, 0.25) is 0 Å². The summed E-state index contributed by atoms with van der Waals surface area (Å²) in [6.07, 6.45) is 3.20. The van der Waals surface area contributed by atoms with Gasteiger partial charge in [0.25, 0.3) is 0 Å². The third-order valence-electron chi connectivity index (χ3n) is 2.07. The number of aromatic nitrogens is 2. The number of anilines is 1. The molecule has 0 fully saturated rings. The first-order valence-corrected chi connectivity index (χ1v) is 4.53. The minimum absolute atomic E-state index is 0.482. The molecule has 2 aromatic rings. The molecule has 1 aromatic carbocycles. The van der Waals surface area contributed by atoms with Crippen LogP contribution < -0.4 is 10.5 Å². The zero-order valence-corrected chi connectivity index (χ0v) is 8.34. The van der Waals surface area contributed by atoms with Gasteiger partial charge >= 0.3 is 0 Å². The maximum Gasteiger partial charge on any atom is 0.240 e. The van der Waals surface area contributed by atoms with Gasteiger partial charge in [-0.2, -0.15) is 0 Å². The third kappa shape index (κ3) is 1.74. The molecule has 0 spiro atoms. The predicted octanol–water partition coefficient (Wildman–Crippen LogP) is 1.73. The molecule has 0 saturated carbocycles. The highest BCUT2D eigenvalue weighted by molar-refractivity contribution is 5.76. The molecule has 1 heterocycles.